The summed E-state index contributed by atoms with van der Waals surface area (Å²) in [5, 5.41) is 5.12. The SMILES string of the molecule is CNC(=O)c1c(OCc2ccccc2)c(=O)cc(CNS(=O)(=O)c2ccccc2Cl)n1C.CNC(=O)c1c(OCc2ccccc2)c(=O)cc(CNS(=O)(=O)c2ccccc2Cl)n1C. The molecule has 336 valence electrons. The number of nitrogens with zero attached hydrogens (tertiary/aromatic N) is 2. The Morgan fingerprint density at radius 2 is 0.875 bits per heavy atom. The van der Waals surface area contributed by atoms with Crippen LogP contribution in [-0.2, 0) is 60.4 Å². The van der Waals surface area contributed by atoms with Crippen LogP contribution < -0.4 is 40.4 Å². The summed E-state index contributed by atoms with van der Waals surface area (Å²) in [6, 6.07) is 32.9. The number of nitrogens with one attached hydrogen (secondary N) is 4. The minimum atomic E-state index is -3.94. The Morgan fingerprint density at radius 1 is 0.547 bits per heavy atom. The van der Waals surface area contributed by atoms with Gasteiger partial charge in [-0.05, 0) is 35.4 Å². The number of rotatable bonds is 16. The van der Waals surface area contributed by atoms with E-state index in [1.807, 2.05) is 60.7 Å². The summed E-state index contributed by atoms with van der Waals surface area (Å²) in [6.07, 6.45) is 0. The van der Waals surface area contributed by atoms with Crippen molar-refractivity contribution in [3.8, 4) is 11.5 Å². The first kappa shape index (κ1) is 48.7. The number of carbonyl (C=O) groups excluding carboxylic acids is 2. The topological polar surface area (TPSA) is 213 Å². The van der Waals surface area contributed by atoms with Crippen molar-refractivity contribution in [3.05, 3.63) is 186 Å². The Hall–Kier alpha value is -6.28. The first-order chi connectivity index (χ1) is 30.5. The summed E-state index contributed by atoms with van der Waals surface area (Å²) < 4.78 is 69.6. The van der Waals surface area contributed by atoms with Crippen molar-refractivity contribution in [1.82, 2.24) is 29.2 Å². The zero-order chi connectivity index (χ0) is 46.6. The Kier molecular flexibility index (Phi) is 16.7. The number of carbonyl (C=O) groups is 2. The third kappa shape index (κ3) is 12.0. The number of hydrogen-bond donors (Lipinski definition) is 4. The maximum atomic E-state index is 12.8. The van der Waals surface area contributed by atoms with E-state index >= 15 is 0 Å². The van der Waals surface area contributed by atoms with Crippen molar-refractivity contribution < 1.29 is 35.9 Å². The first-order valence-corrected chi connectivity index (χ1v) is 22.9. The number of amides is 2. The second-order valence-corrected chi connectivity index (χ2v) is 18.0. The monoisotopic (exact) mass is 950 g/mol. The van der Waals surface area contributed by atoms with Gasteiger partial charge >= 0.3 is 0 Å². The lowest BCUT2D eigenvalue weighted by atomic mass is 10.2. The average molecular weight is 952 g/mol. The van der Waals surface area contributed by atoms with Crippen LogP contribution in [0, 0.1) is 0 Å². The fourth-order valence-electron chi connectivity index (χ4n) is 6.10. The van der Waals surface area contributed by atoms with Crippen molar-refractivity contribution in [1.29, 1.82) is 0 Å². The van der Waals surface area contributed by atoms with Gasteiger partial charge in [-0.15, -0.1) is 0 Å². The van der Waals surface area contributed by atoms with Crippen LogP contribution in [0.15, 0.2) is 141 Å². The molecule has 0 aliphatic carbocycles. The van der Waals surface area contributed by atoms with Gasteiger partial charge in [0.1, 0.15) is 23.0 Å². The van der Waals surface area contributed by atoms with E-state index in [0.29, 0.717) is 0 Å². The molecule has 4 N–H and O–H groups in total. The number of halogens is 2. The highest BCUT2D eigenvalue weighted by molar-refractivity contribution is 7.89. The number of hydrogen-bond acceptors (Lipinski definition) is 10. The molecule has 64 heavy (non-hydrogen) atoms. The molecule has 0 saturated heterocycles. The molecule has 16 nitrogen and oxygen atoms in total. The van der Waals surface area contributed by atoms with Gasteiger partial charge in [0, 0.05) is 51.7 Å². The normalized spacial score (nSPS) is 11.2. The molecule has 0 saturated carbocycles. The maximum Gasteiger partial charge on any atom is 0.271 e. The second-order valence-electron chi connectivity index (χ2n) is 13.7. The Balaban J connectivity index is 0.000000241. The van der Waals surface area contributed by atoms with E-state index in [4.69, 9.17) is 32.7 Å². The average Bonchev–Trinajstić information content (AvgIpc) is 3.28. The van der Waals surface area contributed by atoms with Gasteiger partial charge in [-0.1, -0.05) is 108 Å². The van der Waals surface area contributed by atoms with Crippen LogP contribution in [0.2, 0.25) is 10.0 Å². The van der Waals surface area contributed by atoms with E-state index in [1.165, 1.54) is 59.6 Å². The van der Waals surface area contributed by atoms with Crippen molar-refractivity contribution in [3.63, 3.8) is 0 Å². The summed E-state index contributed by atoms with van der Waals surface area (Å²) >= 11 is 12.0. The van der Waals surface area contributed by atoms with Gasteiger partial charge in [-0.25, -0.2) is 26.3 Å². The number of ether oxygens (including phenoxy) is 2. The number of pyridine rings is 2. The summed E-state index contributed by atoms with van der Waals surface area (Å²) in [6.45, 7) is -0.276. The fourth-order valence-corrected chi connectivity index (χ4v) is 9.13. The van der Waals surface area contributed by atoms with Gasteiger partial charge in [-0.3, -0.25) is 19.2 Å². The highest BCUT2D eigenvalue weighted by atomic mass is 35.5. The molecule has 0 aliphatic heterocycles. The number of sulfonamides is 2. The molecule has 2 heterocycles. The van der Waals surface area contributed by atoms with Crippen molar-refractivity contribution >= 4 is 55.1 Å². The highest BCUT2D eigenvalue weighted by Gasteiger charge is 2.25. The molecule has 0 bridgehead atoms. The fraction of sp³-hybridized carbons (Fsp3) is 0.182. The van der Waals surface area contributed by atoms with E-state index in [2.05, 4.69) is 20.1 Å². The molecule has 6 aromatic rings. The smallest absolute Gasteiger partial charge is 0.271 e. The molecule has 0 radical (unpaired) electrons. The second kappa shape index (κ2) is 21.9. The number of benzene rings is 4. The van der Waals surface area contributed by atoms with Crippen LogP contribution in [0.5, 0.6) is 11.5 Å². The summed E-state index contributed by atoms with van der Waals surface area (Å²) in [7, 11) is -1.92. The molecule has 0 spiro atoms. The lowest BCUT2D eigenvalue weighted by Gasteiger charge is -2.18. The van der Waals surface area contributed by atoms with Crippen molar-refractivity contribution in [2.75, 3.05) is 14.1 Å². The van der Waals surface area contributed by atoms with Crippen LogP contribution in [0.4, 0.5) is 0 Å². The Morgan fingerprint density at radius 3 is 1.20 bits per heavy atom. The molecule has 4 aromatic carbocycles. The molecule has 20 heteroatoms. The lowest BCUT2D eigenvalue weighted by Crippen LogP contribution is -2.31. The van der Waals surface area contributed by atoms with Crippen LogP contribution in [0.25, 0.3) is 0 Å². The van der Waals surface area contributed by atoms with Gasteiger partial charge in [0.2, 0.25) is 30.9 Å². The third-order valence-corrected chi connectivity index (χ3v) is 13.3. The van der Waals surface area contributed by atoms with Gasteiger partial charge in [0.15, 0.2) is 22.9 Å². The predicted molar refractivity (Wildman–Crippen MR) is 243 cm³/mol. The van der Waals surface area contributed by atoms with E-state index in [9.17, 15) is 36.0 Å². The minimum Gasteiger partial charge on any atom is -0.483 e. The predicted octanol–water partition coefficient (Wildman–Crippen LogP) is 4.91. The van der Waals surface area contributed by atoms with Gasteiger partial charge in [-0.2, -0.15) is 0 Å². The lowest BCUT2D eigenvalue weighted by molar-refractivity contribution is 0.0939. The largest absolute Gasteiger partial charge is 0.483 e. The molecule has 0 aliphatic rings. The molecule has 2 amide bonds. The van der Waals surface area contributed by atoms with Gasteiger partial charge in [0.25, 0.3) is 11.8 Å². The third-order valence-electron chi connectivity index (χ3n) is 9.48. The van der Waals surface area contributed by atoms with E-state index < -0.39 is 42.7 Å². The molecular formula is C44H44Cl2N6O10S2. The standard InChI is InChI=1S/2C22H22ClN3O5S/c2*1-24-22(28)20-21(31-14-15-8-4-3-5-9-15)18(27)12-16(26(20)2)13-25-32(29,30)19-11-7-6-10-17(19)23/h2*3-12,25H,13-14H2,1-2H3,(H,24,28). The molecular weight excluding hydrogens is 908 g/mol. The van der Waals surface area contributed by atoms with Crippen LogP contribution in [-0.4, -0.2) is 51.9 Å². The van der Waals surface area contributed by atoms with Crippen LogP contribution >= 0.6 is 23.2 Å². The molecule has 0 fully saturated rings. The molecule has 2 aromatic heterocycles. The zero-order valence-electron chi connectivity index (χ0n) is 34.9. The maximum absolute atomic E-state index is 12.8. The highest BCUT2D eigenvalue weighted by Crippen LogP contribution is 2.23. The van der Waals surface area contributed by atoms with E-state index in [-0.39, 0.29) is 80.4 Å². The Labute approximate surface area is 379 Å². The molecule has 6 rings (SSSR count). The number of aromatic nitrogens is 2. The summed E-state index contributed by atoms with van der Waals surface area (Å²) in [4.78, 5) is 50.5. The summed E-state index contributed by atoms with van der Waals surface area (Å²) in [5.41, 5.74) is 1.11. The van der Waals surface area contributed by atoms with Gasteiger partial charge < -0.3 is 29.2 Å². The zero-order valence-corrected chi connectivity index (χ0v) is 38.1. The Bertz CT molecular complexity index is 2780. The van der Waals surface area contributed by atoms with Gasteiger partial charge in [0.05, 0.1) is 23.1 Å². The first-order valence-electron chi connectivity index (χ1n) is 19.2. The van der Waals surface area contributed by atoms with Crippen LogP contribution in [0.1, 0.15) is 43.5 Å². The summed E-state index contributed by atoms with van der Waals surface area (Å²) in [5.74, 6) is -1.31. The van der Waals surface area contributed by atoms with E-state index in [0.717, 1.165) is 11.1 Å². The molecule has 0 unspecified atom stereocenters. The van der Waals surface area contributed by atoms with Crippen molar-refractivity contribution in [2.45, 2.75) is 36.1 Å². The minimum absolute atomic E-state index is 0.0112. The van der Waals surface area contributed by atoms with E-state index in [1.54, 1.807) is 38.4 Å². The molecule has 0 atom stereocenters. The van der Waals surface area contributed by atoms with Crippen molar-refractivity contribution in [2.24, 2.45) is 14.1 Å². The quantitative estimate of drug-likeness (QED) is 0.103. The van der Waals surface area contributed by atoms with Crippen LogP contribution in [0.3, 0.4) is 0 Å².